The summed E-state index contributed by atoms with van der Waals surface area (Å²) in [5, 5.41) is 6.09. The van der Waals surface area contributed by atoms with Crippen LogP contribution in [-0.2, 0) is 9.84 Å². The van der Waals surface area contributed by atoms with E-state index in [1.807, 2.05) is 39.8 Å². The number of likely N-dealkylation sites (N-methyl/N-ethyl adjacent to an activating group) is 1. The van der Waals surface area contributed by atoms with Crippen molar-refractivity contribution in [2.75, 3.05) is 12.8 Å². The van der Waals surface area contributed by atoms with E-state index < -0.39 is 27.8 Å². The summed E-state index contributed by atoms with van der Waals surface area (Å²) in [6.45, 7) is 9.57. The SMILES string of the molecule is CC.CC.CCS(=O)(=O)C1=C(C2=NC3=CC(C(F)(F)F)=CNC3N2C)NC2C=C(CC3CC3)C=CN12.FF. The fourth-order valence-corrected chi connectivity index (χ4v) is 5.54. The summed E-state index contributed by atoms with van der Waals surface area (Å²) >= 11 is 0. The van der Waals surface area contributed by atoms with Gasteiger partial charge in [0.05, 0.1) is 17.0 Å². The summed E-state index contributed by atoms with van der Waals surface area (Å²) in [5.74, 6) is 0.870. The lowest BCUT2D eigenvalue weighted by atomic mass is 10.1. The van der Waals surface area contributed by atoms with E-state index in [1.165, 1.54) is 12.8 Å². The quantitative estimate of drug-likeness (QED) is 0.425. The minimum Gasteiger partial charge on any atom is -0.366 e. The minimum atomic E-state index is -4.50. The van der Waals surface area contributed by atoms with Crippen molar-refractivity contribution in [1.82, 2.24) is 20.4 Å². The Morgan fingerprint density at radius 2 is 1.76 bits per heavy atom. The highest BCUT2D eigenvalue weighted by molar-refractivity contribution is 7.95. The predicted molar refractivity (Wildman–Crippen MR) is 139 cm³/mol. The van der Waals surface area contributed by atoms with Gasteiger partial charge in [0.15, 0.2) is 20.7 Å². The second-order valence-electron chi connectivity index (χ2n) is 8.57. The van der Waals surface area contributed by atoms with Crippen LogP contribution < -0.4 is 10.6 Å². The van der Waals surface area contributed by atoms with E-state index >= 15 is 0 Å². The molecule has 0 saturated heterocycles. The lowest BCUT2D eigenvalue weighted by Crippen LogP contribution is -2.44. The Bertz CT molecular complexity index is 1150. The second kappa shape index (κ2) is 12.8. The normalized spacial score (nSPS) is 23.4. The molecule has 0 amide bonds. The van der Waals surface area contributed by atoms with Crippen LogP contribution in [0.3, 0.4) is 0 Å². The van der Waals surface area contributed by atoms with Gasteiger partial charge in [0.25, 0.3) is 0 Å². The number of fused-ring (bicyclic) bond motifs is 2. The number of aliphatic imine (C=N–C) groups is 1. The molecule has 0 aromatic heterocycles. The van der Waals surface area contributed by atoms with Gasteiger partial charge in [-0.15, -0.1) is 0 Å². The van der Waals surface area contributed by atoms with Gasteiger partial charge in [-0.25, -0.2) is 13.4 Å². The van der Waals surface area contributed by atoms with Crippen LogP contribution in [0, 0.1) is 5.92 Å². The largest absolute Gasteiger partial charge is 0.417 e. The number of alkyl halides is 3. The minimum absolute atomic E-state index is 0.0943. The van der Waals surface area contributed by atoms with E-state index in [2.05, 4.69) is 15.6 Å². The zero-order valence-corrected chi connectivity index (χ0v) is 23.2. The van der Waals surface area contributed by atoms with Crippen molar-refractivity contribution in [3.8, 4) is 0 Å². The van der Waals surface area contributed by atoms with Crippen molar-refractivity contribution in [3.05, 3.63) is 58.2 Å². The van der Waals surface area contributed by atoms with Crippen molar-refractivity contribution in [1.29, 1.82) is 0 Å². The van der Waals surface area contributed by atoms with Crippen molar-refractivity contribution in [3.63, 3.8) is 0 Å². The first kappa shape index (κ1) is 31.4. The number of dihydropyridines is 1. The van der Waals surface area contributed by atoms with E-state index in [9.17, 15) is 21.6 Å². The summed E-state index contributed by atoms with van der Waals surface area (Å²) in [6, 6.07) is 0. The Kier molecular flexibility index (Phi) is 10.6. The molecular weight excluding hydrogens is 529 g/mol. The standard InChI is InChI=1S/C21H24F3N5O2S.2C2H6.F2/c1-3-32(30,31)20-17(27-16-9-13(6-7-29(16)20)8-12-4-5-12)19-26-15-10-14(21(22,23)24)11-25-18(15)28(19)2;3*1-2/h6-7,9-12,16,18,25,27H,3-5,8H2,1-2H3;2*1-2H3;. The van der Waals surface area contributed by atoms with Gasteiger partial charge in [-0.3, -0.25) is 0 Å². The molecule has 7 nitrogen and oxygen atoms in total. The number of allylic oxidation sites excluding steroid dienone is 4. The lowest BCUT2D eigenvalue weighted by molar-refractivity contribution is -0.0890. The van der Waals surface area contributed by atoms with Crippen molar-refractivity contribution < 1.29 is 30.7 Å². The third-order valence-electron chi connectivity index (χ3n) is 6.24. The second-order valence-corrected chi connectivity index (χ2v) is 10.8. The number of nitrogens with zero attached hydrogens (tertiary/aromatic N) is 3. The number of nitrogens with one attached hydrogen (secondary N) is 2. The maximum atomic E-state index is 13.2. The Morgan fingerprint density at radius 1 is 1.13 bits per heavy atom. The highest BCUT2D eigenvalue weighted by Gasteiger charge is 2.44. The summed E-state index contributed by atoms with van der Waals surface area (Å²) < 4.78 is 81.5. The van der Waals surface area contributed by atoms with E-state index in [0.29, 0.717) is 11.6 Å². The molecule has 0 bridgehead atoms. The zero-order chi connectivity index (χ0) is 28.8. The molecule has 0 spiro atoms. The van der Waals surface area contributed by atoms with Crippen LogP contribution in [0.2, 0.25) is 0 Å². The summed E-state index contributed by atoms with van der Waals surface area (Å²) in [4.78, 5) is 7.74. The first-order valence-corrected chi connectivity index (χ1v) is 14.4. The van der Waals surface area contributed by atoms with E-state index in [-0.39, 0.29) is 28.5 Å². The molecule has 38 heavy (non-hydrogen) atoms. The maximum Gasteiger partial charge on any atom is 0.417 e. The molecule has 0 radical (unpaired) electrons. The fourth-order valence-electron chi connectivity index (χ4n) is 4.31. The molecule has 214 valence electrons. The summed E-state index contributed by atoms with van der Waals surface area (Å²) in [5.41, 5.74) is 0.809. The van der Waals surface area contributed by atoms with Crippen molar-refractivity contribution in [2.24, 2.45) is 10.9 Å². The van der Waals surface area contributed by atoms with Crippen molar-refractivity contribution in [2.45, 2.75) is 72.4 Å². The number of sulfone groups is 1. The van der Waals surface area contributed by atoms with Gasteiger partial charge in [0, 0.05) is 28.6 Å². The Labute approximate surface area is 221 Å². The van der Waals surface area contributed by atoms with Gasteiger partial charge < -0.3 is 20.4 Å². The van der Waals surface area contributed by atoms with Gasteiger partial charge in [-0.05, 0) is 49.0 Å². The van der Waals surface area contributed by atoms with Crippen LogP contribution >= 0.6 is 0 Å². The number of halogens is 5. The van der Waals surface area contributed by atoms with Gasteiger partial charge >= 0.3 is 6.18 Å². The van der Waals surface area contributed by atoms with Gasteiger partial charge in [-0.2, -0.15) is 13.2 Å². The maximum absolute atomic E-state index is 13.2. The average molecular weight is 566 g/mol. The average Bonchev–Trinajstić information content (AvgIpc) is 3.56. The highest BCUT2D eigenvalue weighted by Crippen LogP contribution is 2.39. The van der Waals surface area contributed by atoms with Crippen LogP contribution in [0.25, 0.3) is 0 Å². The van der Waals surface area contributed by atoms with E-state index in [0.717, 1.165) is 24.3 Å². The van der Waals surface area contributed by atoms with Crippen molar-refractivity contribution >= 4 is 15.7 Å². The molecule has 2 unspecified atom stereocenters. The smallest absolute Gasteiger partial charge is 0.366 e. The molecule has 2 N–H and O–H groups in total. The summed E-state index contributed by atoms with van der Waals surface area (Å²) in [6.07, 6.45) is 5.53. The molecule has 0 aromatic rings. The van der Waals surface area contributed by atoms with Gasteiger partial charge in [0.1, 0.15) is 18.0 Å². The number of rotatable bonds is 5. The molecule has 1 aliphatic carbocycles. The molecular formula is C25H36F5N5O2S. The molecule has 5 aliphatic rings. The number of hydrogen-bond acceptors (Lipinski definition) is 7. The first-order chi connectivity index (χ1) is 18.1. The zero-order valence-electron chi connectivity index (χ0n) is 22.4. The predicted octanol–water partition coefficient (Wildman–Crippen LogP) is 5.57. The monoisotopic (exact) mass is 565 g/mol. The van der Waals surface area contributed by atoms with E-state index in [4.69, 9.17) is 9.15 Å². The molecule has 1 fully saturated rings. The van der Waals surface area contributed by atoms with Crippen LogP contribution in [-0.4, -0.2) is 55.4 Å². The lowest BCUT2D eigenvalue weighted by Gasteiger charge is -2.27. The first-order valence-electron chi connectivity index (χ1n) is 12.7. The molecule has 4 aliphatic heterocycles. The number of hydrogen-bond donors (Lipinski definition) is 2. The Hall–Kier alpha value is -2.83. The Morgan fingerprint density at radius 3 is 2.32 bits per heavy atom. The van der Waals surface area contributed by atoms with Crippen LogP contribution in [0.5, 0.6) is 0 Å². The van der Waals surface area contributed by atoms with Crippen LogP contribution in [0.1, 0.15) is 53.9 Å². The third kappa shape index (κ3) is 6.41. The molecule has 2 atom stereocenters. The molecule has 0 aromatic carbocycles. The topological polar surface area (TPSA) is 77.0 Å². The highest BCUT2D eigenvalue weighted by atomic mass is 32.2. The fraction of sp³-hybridized carbons (Fsp3) is 0.560. The van der Waals surface area contributed by atoms with Crippen LogP contribution in [0.4, 0.5) is 22.3 Å². The van der Waals surface area contributed by atoms with Gasteiger partial charge in [-0.1, -0.05) is 34.6 Å². The molecule has 5 rings (SSSR count). The van der Waals surface area contributed by atoms with E-state index in [1.54, 1.807) is 30.0 Å². The molecule has 4 heterocycles. The molecule has 1 saturated carbocycles. The Balaban J connectivity index is 0.000000791. The molecule has 13 heteroatoms. The third-order valence-corrected chi connectivity index (χ3v) is 8.01. The number of amidine groups is 1. The van der Waals surface area contributed by atoms with Gasteiger partial charge in [0.2, 0.25) is 0 Å². The summed E-state index contributed by atoms with van der Waals surface area (Å²) in [7, 11) is -1.97. The van der Waals surface area contributed by atoms with Crippen LogP contribution in [0.15, 0.2) is 63.2 Å².